The molecular weight excluding hydrogens is 197 g/mol. The van der Waals surface area contributed by atoms with E-state index in [0.717, 1.165) is 6.42 Å². The number of hydrogen-bond acceptors (Lipinski definition) is 2. The summed E-state index contributed by atoms with van der Waals surface area (Å²) < 4.78 is 12.8. The molecule has 1 aliphatic rings. The standard InChI is InChI=1S/C11H12FNO2/c1-8-7-9(12)3-4-10(8)11(14)13-5-2-6-15-13/h3-4,7H,2,5-6H2,1H3. The maximum atomic E-state index is 12.8. The molecule has 15 heavy (non-hydrogen) atoms. The van der Waals surface area contributed by atoms with E-state index >= 15 is 0 Å². The zero-order valence-electron chi connectivity index (χ0n) is 8.50. The van der Waals surface area contributed by atoms with E-state index in [-0.39, 0.29) is 11.7 Å². The number of aryl methyl sites for hydroxylation is 1. The van der Waals surface area contributed by atoms with Gasteiger partial charge in [0.1, 0.15) is 5.82 Å². The molecule has 3 nitrogen and oxygen atoms in total. The Kier molecular flexibility index (Phi) is 2.68. The van der Waals surface area contributed by atoms with Crippen LogP contribution in [0.2, 0.25) is 0 Å². The molecule has 1 aromatic rings. The van der Waals surface area contributed by atoms with Crippen molar-refractivity contribution in [3.63, 3.8) is 0 Å². The van der Waals surface area contributed by atoms with Crippen molar-refractivity contribution in [2.24, 2.45) is 0 Å². The van der Waals surface area contributed by atoms with Crippen molar-refractivity contribution in [1.82, 2.24) is 5.06 Å². The third-order valence-corrected chi connectivity index (χ3v) is 2.40. The topological polar surface area (TPSA) is 29.5 Å². The van der Waals surface area contributed by atoms with Crippen LogP contribution in [0.4, 0.5) is 4.39 Å². The molecule has 0 saturated carbocycles. The lowest BCUT2D eigenvalue weighted by atomic mass is 10.1. The minimum absolute atomic E-state index is 0.190. The molecule has 4 heteroatoms. The third kappa shape index (κ3) is 1.99. The van der Waals surface area contributed by atoms with Crippen molar-refractivity contribution in [2.45, 2.75) is 13.3 Å². The highest BCUT2D eigenvalue weighted by Crippen LogP contribution is 2.15. The second-order valence-corrected chi connectivity index (χ2v) is 3.55. The van der Waals surface area contributed by atoms with E-state index in [1.54, 1.807) is 6.92 Å². The van der Waals surface area contributed by atoms with Crippen molar-refractivity contribution in [1.29, 1.82) is 0 Å². The van der Waals surface area contributed by atoms with Crippen LogP contribution in [0.25, 0.3) is 0 Å². The first-order valence-corrected chi connectivity index (χ1v) is 4.89. The number of benzene rings is 1. The van der Waals surface area contributed by atoms with Crippen LogP contribution in [-0.2, 0) is 4.84 Å². The quantitative estimate of drug-likeness (QED) is 0.707. The Hall–Kier alpha value is -1.42. The number of hydroxylamine groups is 2. The molecule has 0 N–H and O–H groups in total. The predicted molar refractivity (Wildman–Crippen MR) is 52.7 cm³/mol. The zero-order valence-corrected chi connectivity index (χ0v) is 8.50. The van der Waals surface area contributed by atoms with Crippen LogP contribution in [0.15, 0.2) is 18.2 Å². The highest BCUT2D eigenvalue weighted by atomic mass is 19.1. The molecule has 0 radical (unpaired) electrons. The fourth-order valence-electron chi connectivity index (χ4n) is 1.61. The Morgan fingerprint density at radius 2 is 2.33 bits per heavy atom. The Morgan fingerprint density at radius 3 is 2.93 bits per heavy atom. The van der Waals surface area contributed by atoms with Gasteiger partial charge in [0.05, 0.1) is 13.2 Å². The van der Waals surface area contributed by atoms with E-state index in [1.807, 2.05) is 0 Å². The van der Waals surface area contributed by atoms with Gasteiger partial charge < -0.3 is 0 Å². The minimum Gasteiger partial charge on any atom is -0.271 e. The summed E-state index contributed by atoms with van der Waals surface area (Å²) in [7, 11) is 0. The lowest BCUT2D eigenvalue weighted by Crippen LogP contribution is -2.27. The first kappa shape index (κ1) is 10.1. The fraction of sp³-hybridized carbons (Fsp3) is 0.364. The largest absolute Gasteiger partial charge is 0.277 e. The summed E-state index contributed by atoms with van der Waals surface area (Å²) in [4.78, 5) is 17.0. The van der Waals surface area contributed by atoms with Crippen LogP contribution in [-0.4, -0.2) is 24.1 Å². The van der Waals surface area contributed by atoms with Crippen molar-refractivity contribution in [3.8, 4) is 0 Å². The normalized spacial score (nSPS) is 15.7. The Labute approximate surface area is 87.4 Å². The summed E-state index contributed by atoms with van der Waals surface area (Å²) in [6, 6.07) is 4.13. The summed E-state index contributed by atoms with van der Waals surface area (Å²) >= 11 is 0. The van der Waals surface area contributed by atoms with Crippen LogP contribution in [0.5, 0.6) is 0 Å². The highest BCUT2D eigenvalue weighted by molar-refractivity contribution is 5.95. The smallest absolute Gasteiger partial charge is 0.271 e. The van der Waals surface area contributed by atoms with E-state index in [2.05, 4.69) is 0 Å². The number of amides is 1. The molecular formula is C11H12FNO2. The Bertz CT molecular complexity index is 386. The predicted octanol–water partition coefficient (Wildman–Crippen LogP) is 1.91. The van der Waals surface area contributed by atoms with Gasteiger partial charge in [-0.2, -0.15) is 0 Å². The molecule has 1 amide bonds. The average Bonchev–Trinajstić information content (AvgIpc) is 2.69. The molecule has 0 bridgehead atoms. The summed E-state index contributed by atoms with van der Waals surface area (Å²) in [5, 5.41) is 1.33. The van der Waals surface area contributed by atoms with Crippen molar-refractivity contribution >= 4 is 5.91 Å². The molecule has 1 saturated heterocycles. The fourth-order valence-corrected chi connectivity index (χ4v) is 1.61. The molecule has 0 aromatic heterocycles. The molecule has 1 aliphatic heterocycles. The first-order chi connectivity index (χ1) is 7.18. The van der Waals surface area contributed by atoms with Crippen LogP contribution >= 0.6 is 0 Å². The molecule has 1 aromatic carbocycles. The molecule has 1 heterocycles. The molecule has 80 valence electrons. The Morgan fingerprint density at radius 1 is 1.53 bits per heavy atom. The highest BCUT2D eigenvalue weighted by Gasteiger charge is 2.22. The van der Waals surface area contributed by atoms with Crippen molar-refractivity contribution in [2.75, 3.05) is 13.2 Å². The van der Waals surface area contributed by atoms with Gasteiger partial charge in [0.2, 0.25) is 0 Å². The van der Waals surface area contributed by atoms with Crippen LogP contribution < -0.4 is 0 Å². The van der Waals surface area contributed by atoms with Gasteiger partial charge in [-0.1, -0.05) is 0 Å². The Balaban J connectivity index is 2.24. The van der Waals surface area contributed by atoms with Gasteiger partial charge in [0.15, 0.2) is 0 Å². The molecule has 0 atom stereocenters. The maximum Gasteiger partial charge on any atom is 0.277 e. The van der Waals surface area contributed by atoms with Gasteiger partial charge in [-0.15, -0.1) is 0 Å². The summed E-state index contributed by atoms with van der Waals surface area (Å²) in [5.74, 6) is -0.517. The van der Waals surface area contributed by atoms with Crippen LogP contribution in [0.1, 0.15) is 22.3 Å². The lowest BCUT2D eigenvalue weighted by Gasteiger charge is -2.15. The molecule has 1 fully saturated rings. The molecule has 0 spiro atoms. The third-order valence-electron chi connectivity index (χ3n) is 2.40. The van der Waals surface area contributed by atoms with Crippen LogP contribution in [0, 0.1) is 12.7 Å². The van der Waals surface area contributed by atoms with Gasteiger partial charge in [0.25, 0.3) is 5.91 Å². The number of rotatable bonds is 1. The second kappa shape index (κ2) is 3.98. The van der Waals surface area contributed by atoms with Crippen molar-refractivity contribution < 1.29 is 14.0 Å². The van der Waals surface area contributed by atoms with Gasteiger partial charge in [-0.3, -0.25) is 9.63 Å². The first-order valence-electron chi connectivity index (χ1n) is 4.89. The average molecular weight is 209 g/mol. The number of carbonyl (C=O) groups is 1. The lowest BCUT2D eigenvalue weighted by molar-refractivity contribution is -0.0768. The van der Waals surface area contributed by atoms with Crippen LogP contribution in [0.3, 0.4) is 0 Å². The number of nitrogens with zero attached hydrogens (tertiary/aromatic N) is 1. The molecule has 0 aliphatic carbocycles. The zero-order chi connectivity index (χ0) is 10.8. The van der Waals surface area contributed by atoms with E-state index < -0.39 is 0 Å². The minimum atomic E-state index is -0.327. The molecule has 0 unspecified atom stereocenters. The number of halogens is 1. The SMILES string of the molecule is Cc1cc(F)ccc1C(=O)N1CCCO1. The van der Waals surface area contributed by atoms with Gasteiger partial charge >= 0.3 is 0 Å². The van der Waals surface area contributed by atoms with Gasteiger partial charge in [0, 0.05) is 5.56 Å². The number of hydrogen-bond donors (Lipinski definition) is 0. The van der Waals surface area contributed by atoms with E-state index in [0.29, 0.717) is 24.3 Å². The van der Waals surface area contributed by atoms with Crippen molar-refractivity contribution in [3.05, 3.63) is 35.1 Å². The summed E-state index contributed by atoms with van der Waals surface area (Å²) in [6.45, 7) is 2.90. The van der Waals surface area contributed by atoms with E-state index in [9.17, 15) is 9.18 Å². The maximum absolute atomic E-state index is 12.8. The monoisotopic (exact) mass is 209 g/mol. The summed E-state index contributed by atoms with van der Waals surface area (Å²) in [5.41, 5.74) is 1.13. The summed E-state index contributed by atoms with van der Waals surface area (Å²) in [6.07, 6.45) is 0.853. The van der Waals surface area contributed by atoms with Gasteiger partial charge in [-0.25, -0.2) is 9.45 Å². The van der Waals surface area contributed by atoms with E-state index in [4.69, 9.17) is 4.84 Å². The number of carbonyl (C=O) groups excluding carboxylic acids is 1. The molecule has 2 rings (SSSR count). The second-order valence-electron chi connectivity index (χ2n) is 3.55. The van der Waals surface area contributed by atoms with Gasteiger partial charge in [-0.05, 0) is 37.1 Å². The van der Waals surface area contributed by atoms with E-state index in [1.165, 1.54) is 23.3 Å².